The maximum absolute atomic E-state index is 12.4. The maximum Gasteiger partial charge on any atom is 0.243 e. The molecule has 0 fully saturated rings. The Balaban J connectivity index is 2.31. The number of furan rings is 1. The predicted molar refractivity (Wildman–Crippen MR) is 73.0 cm³/mol. The Bertz CT molecular complexity index is 663. The molecule has 0 saturated carbocycles. The van der Waals surface area contributed by atoms with Crippen LogP contribution in [0.3, 0.4) is 0 Å². The van der Waals surface area contributed by atoms with Crippen molar-refractivity contribution in [3.05, 3.63) is 47.9 Å². The molecule has 2 rings (SSSR count). The standard InChI is InChI=1S/C13H16N2O3S/c1-10-7-12(14)3-4-13(10)19(16,17)15(2)8-11-5-6-18-9-11/h3-7,9H,8,14H2,1-2H3. The van der Waals surface area contributed by atoms with Crippen LogP contribution in [-0.2, 0) is 16.6 Å². The molecule has 0 aliphatic rings. The minimum atomic E-state index is -3.53. The van der Waals surface area contributed by atoms with Gasteiger partial charge in [-0.1, -0.05) is 0 Å². The van der Waals surface area contributed by atoms with Crippen molar-refractivity contribution in [2.75, 3.05) is 12.8 Å². The van der Waals surface area contributed by atoms with Gasteiger partial charge in [0, 0.05) is 24.8 Å². The molecule has 5 nitrogen and oxygen atoms in total. The summed E-state index contributed by atoms with van der Waals surface area (Å²) in [7, 11) is -1.99. The molecular weight excluding hydrogens is 264 g/mol. The van der Waals surface area contributed by atoms with Gasteiger partial charge in [-0.25, -0.2) is 8.42 Å². The van der Waals surface area contributed by atoms with Crippen molar-refractivity contribution >= 4 is 15.7 Å². The van der Waals surface area contributed by atoms with Crippen molar-refractivity contribution in [3.8, 4) is 0 Å². The fourth-order valence-corrected chi connectivity index (χ4v) is 3.22. The van der Waals surface area contributed by atoms with Crippen molar-refractivity contribution in [2.45, 2.75) is 18.4 Å². The van der Waals surface area contributed by atoms with Crippen molar-refractivity contribution in [1.29, 1.82) is 0 Å². The van der Waals surface area contributed by atoms with Crippen LogP contribution in [-0.4, -0.2) is 19.8 Å². The van der Waals surface area contributed by atoms with Crippen molar-refractivity contribution in [1.82, 2.24) is 4.31 Å². The second-order valence-corrected chi connectivity index (χ2v) is 6.43. The number of benzene rings is 1. The van der Waals surface area contributed by atoms with Crippen LogP contribution in [0, 0.1) is 6.92 Å². The molecule has 2 aromatic rings. The van der Waals surface area contributed by atoms with E-state index in [0.29, 0.717) is 11.3 Å². The first-order valence-corrected chi connectivity index (χ1v) is 7.19. The molecule has 0 spiro atoms. The summed E-state index contributed by atoms with van der Waals surface area (Å²) in [6.45, 7) is 2.00. The first-order valence-electron chi connectivity index (χ1n) is 5.75. The molecule has 1 heterocycles. The predicted octanol–water partition coefficient (Wildman–Crippen LogP) is 1.99. The highest BCUT2D eigenvalue weighted by Gasteiger charge is 2.23. The molecule has 0 unspecified atom stereocenters. The first-order chi connectivity index (χ1) is 8.91. The van der Waals surface area contributed by atoms with Crippen molar-refractivity contribution in [2.24, 2.45) is 0 Å². The number of aryl methyl sites for hydroxylation is 1. The van der Waals surface area contributed by atoms with E-state index in [-0.39, 0.29) is 11.4 Å². The topological polar surface area (TPSA) is 76.5 Å². The Morgan fingerprint density at radius 2 is 2.05 bits per heavy atom. The van der Waals surface area contributed by atoms with Crippen LogP contribution in [0.25, 0.3) is 0 Å². The zero-order valence-electron chi connectivity index (χ0n) is 10.8. The molecule has 19 heavy (non-hydrogen) atoms. The Morgan fingerprint density at radius 1 is 1.32 bits per heavy atom. The van der Waals surface area contributed by atoms with Gasteiger partial charge in [0.15, 0.2) is 0 Å². The fraction of sp³-hybridized carbons (Fsp3) is 0.231. The Morgan fingerprint density at radius 3 is 2.63 bits per heavy atom. The molecule has 0 radical (unpaired) electrons. The van der Waals surface area contributed by atoms with Gasteiger partial charge in [-0.2, -0.15) is 4.31 Å². The Hall–Kier alpha value is -1.79. The lowest BCUT2D eigenvalue weighted by Gasteiger charge is -2.18. The molecule has 6 heteroatoms. The molecule has 102 valence electrons. The number of sulfonamides is 1. The average molecular weight is 280 g/mol. The highest BCUT2D eigenvalue weighted by molar-refractivity contribution is 7.89. The normalized spacial score (nSPS) is 11.9. The Labute approximate surface area is 112 Å². The minimum absolute atomic E-state index is 0.267. The van der Waals surface area contributed by atoms with Crippen LogP contribution in [0.1, 0.15) is 11.1 Å². The van der Waals surface area contributed by atoms with Crippen LogP contribution in [0.5, 0.6) is 0 Å². The highest BCUT2D eigenvalue weighted by atomic mass is 32.2. The molecule has 1 aromatic heterocycles. The summed E-state index contributed by atoms with van der Waals surface area (Å²) in [4.78, 5) is 0.271. The SMILES string of the molecule is Cc1cc(N)ccc1S(=O)(=O)N(C)Cc1ccoc1. The third-order valence-electron chi connectivity index (χ3n) is 2.87. The van der Waals surface area contributed by atoms with Gasteiger partial charge in [0.25, 0.3) is 0 Å². The van der Waals surface area contributed by atoms with Gasteiger partial charge in [0.2, 0.25) is 10.0 Å². The summed E-state index contributed by atoms with van der Waals surface area (Å²) in [5.74, 6) is 0. The lowest BCUT2D eigenvalue weighted by Crippen LogP contribution is -2.27. The van der Waals surface area contributed by atoms with E-state index in [9.17, 15) is 8.42 Å². The highest BCUT2D eigenvalue weighted by Crippen LogP contribution is 2.22. The largest absolute Gasteiger partial charge is 0.472 e. The van der Waals surface area contributed by atoms with E-state index in [1.54, 1.807) is 25.1 Å². The third-order valence-corrected chi connectivity index (χ3v) is 4.84. The smallest absolute Gasteiger partial charge is 0.243 e. The number of hydrogen-bond donors (Lipinski definition) is 1. The summed E-state index contributed by atoms with van der Waals surface area (Å²) in [6, 6.07) is 6.51. The summed E-state index contributed by atoms with van der Waals surface area (Å²) >= 11 is 0. The molecule has 1 aromatic carbocycles. The van der Waals surface area contributed by atoms with Gasteiger partial charge in [0.1, 0.15) is 0 Å². The van der Waals surface area contributed by atoms with Gasteiger partial charge in [0.05, 0.1) is 17.4 Å². The summed E-state index contributed by atoms with van der Waals surface area (Å²) in [5, 5.41) is 0. The summed E-state index contributed by atoms with van der Waals surface area (Å²) < 4.78 is 31.1. The van der Waals surface area contributed by atoms with E-state index in [0.717, 1.165) is 5.56 Å². The van der Waals surface area contributed by atoms with Crippen molar-refractivity contribution < 1.29 is 12.8 Å². The third kappa shape index (κ3) is 2.80. The van der Waals surface area contributed by atoms with Gasteiger partial charge < -0.3 is 10.2 Å². The first kappa shape index (κ1) is 13.6. The second-order valence-electron chi connectivity index (χ2n) is 4.42. The maximum atomic E-state index is 12.4. The van der Waals surface area contributed by atoms with Crippen LogP contribution in [0.15, 0.2) is 46.1 Å². The number of rotatable bonds is 4. The molecule has 0 saturated heterocycles. The van der Waals surface area contributed by atoms with Gasteiger partial charge in [-0.15, -0.1) is 0 Å². The lowest BCUT2D eigenvalue weighted by molar-refractivity contribution is 0.463. The van der Waals surface area contributed by atoms with E-state index >= 15 is 0 Å². The molecular formula is C13H16N2O3S. The van der Waals surface area contributed by atoms with Crippen LogP contribution in [0.2, 0.25) is 0 Å². The van der Waals surface area contributed by atoms with Crippen molar-refractivity contribution in [3.63, 3.8) is 0 Å². The quantitative estimate of drug-likeness (QED) is 0.869. The van der Waals surface area contributed by atoms with E-state index in [1.165, 1.54) is 29.9 Å². The van der Waals surface area contributed by atoms with E-state index < -0.39 is 10.0 Å². The minimum Gasteiger partial charge on any atom is -0.472 e. The lowest BCUT2D eigenvalue weighted by atomic mass is 10.2. The molecule has 0 bridgehead atoms. The van der Waals surface area contributed by atoms with Crippen LogP contribution < -0.4 is 5.73 Å². The Kier molecular flexibility index (Phi) is 3.64. The number of nitrogens with two attached hydrogens (primary N) is 1. The van der Waals surface area contributed by atoms with Gasteiger partial charge >= 0.3 is 0 Å². The van der Waals surface area contributed by atoms with E-state index in [4.69, 9.17) is 10.2 Å². The molecule has 0 amide bonds. The van der Waals surface area contributed by atoms with Crippen LogP contribution >= 0.6 is 0 Å². The average Bonchev–Trinajstić information content (AvgIpc) is 2.81. The van der Waals surface area contributed by atoms with Gasteiger partial charge in [-0.3, -0.25) is 0 Å². The summed E-state index contributed by atoms with van der Waals surface area (Å²) in [5.41, 5.74) is 7.63. The zero-order valence-corrected chi connectivity index (χ0v) is 11.6. The second kappa shape index (κ2) is 5.07. The number of nitrogen functional groups attached to an aromatic ring is 1. The number of nitrogens with zero attached hydrogens (tertiary/aromatic N) is 1. The molecule has 2 N–H and O–H groups in total. The van der Waals surface area contributed by atoms with Crippen LogP contribution in [0.4, 0.5) is 5.69 Å². The van der Waals surface area contributed by atoms with Gasteiger partial charge in [-0.05, 0) is 36.8 Å². The fourth-order valence-electron chi connectivity index (χ4n) is 1.85. The number of hydrogen-bond acceptors (Lipinski definition) is 4. The molecule has 0 aliphatic carbocycles. The monoisotopic (exact) mass is 280 g/mol. The number of anilines is 1. The van der Waals surface area contributed by atoms with E-state index in [2.05, 4.69) is 0 Å². The summed E-state index contributed by atoms with van der Waals surface area (Å²) in [6.07, 6.45) is 3.05. The van der Waals surface area contributed by atoms with E-state index in [1.807, 2.05) is 0 Å². The molecule has 0 aliphatic heterocycles. The zero-order chi connectivity index (χ0) is 14.0. The molecule has 0 atom stereocenters.